The molecule has 0 aromatic rings. The summed E-state index contributed by atoms with van der Waals surface area (Å²) in [5, 5.41) is 8.60. The van der Waals surface area contributed by atoms with E-state index in [2.05, 4.69) is 31.2 Å². The van der Waals surface area contributed by atoms with Crippen LogP contribution < -0.4 is 0 Å². The standard InChI is InChI=1S/C14H26O/c1-2-3-4-5-6-7-8-9-10-11-12-13-14-15/h2-3,5-6,15H,4,7-14H2,1H3/b3-2?,6-5+. The van der Waals surface area contributed by atoms with E-state index in [9.17, 15) is 0 Å². The topological polar surface area (TPSA) is 20.2 Å². The smallest absolute Gasteiger partial charge is 0.0431 e. The summed E-state index contributed by atoms with van der Waals surface area (Å²) in [5.41, 5.74) is 0. The number of unbranched alkanes of at least 4 members (excludes halogenated alkanes) is 6. The minimum atomic E-state index is 0.355. The van der Waals surface area contributed by atoms with Gasteiger partial charge in [0, 0.05) is 6.61 Å². The highest BCUT2D eigenvalue weighted by Crippen LogP contribution is 2.07. The third-order valence-corrected chi connectivity index (χ3v) is 2.45. The highest BCUT2D eigenvalue weighted by Gasteiger charge is 1.89. The molecule has 0 aliphatic carbocycles. The van der Waals surface area contributed by atoms with Gasteiger partial charge in [0.15, 0.2) is 0 Å². The van der Waals surface area contributed by atoms with Crippen molar-refractivity contribution in [1.29, 1.82) is 0 Å². The van der Waals surface area contributed by atoms with Crippen LogP contribution in [0.4, 0.5) is 0 Å². The number of allylic oxidation sites excluding steroid dienone is 4. The van der Waals surface area contributed by atoms with Crippen molar-refractivity contribution in [3.63, 3.8) is 0 Å². The molecule has 0 amide bonds. The normalized spacial score (nSPS) is 11.9. The zero-order chi connectivity index (χ0) is 11.2. The zero-order valence-electron chi connectivity index (χ0n) is 10.1. The van der Waals surface area contributed by atoms with E-state index < -0.39 is 0 Å². The molecule has 1 N–H and O–H groups in total. The first kappa shape index (κ1) is 14.4. The fourth-order valence-electron chi connectivity index (χ4n) is 1.51. The van der Waals surface area contributed by atoms with Crippen molar-refractivity contribution in [2.75, 3.05) is 6.61 Å². The molecule has 0 fully saturated rings. The van der Waals surface area contributed by atoms with Crippen LogP contribution in [0, 0.1) is 0 Å². The van der Waals surface area contributed by atoms with E-state index in [-0.39, 0.29) is 0 Å². The van der Waals surface area contributed by atoms with Crippen molar-refractivity contribution in [3.8, 4) is 0 Å². The van der Waals surface area contributed by atoms with Gasteiger partial charge in [-0.1, -0.05) is 50.0 Å². The van der Waals surface area contributed by atoms with Gasteiger partial charge in [-0.3, -0.25) is 0 Å². The molecule has 0 radical (unpaired) electrons. The van der Waals surface area contributed by atoms with Gasteiger partial charge in [0.25, 0.3) is 0 Å². The molecular weight excluding hydrogens is 184 g/mol. The highest BCUT2D eigenvalue weighted by molar-refractivity contribution is 4.91. The minimum Gasteiger partial charge on any atom is -0.396 e. The lowest BCUT2D eigenvalue weighted by atomic mass is 10.1. The number of aliphatic hydroxyl groups excluding tert-OH is 1. The molecule has 0 aliphatic heterocycles. The highest BCUT2D eigenvalue weighted by atomic mass is 16.2. The van der Waals surface area contributed by atoms with Crippen LogP contribution in [0.5, 0.6) is 0 Å². The molecule has 1 nitrogen and oxygen atoms in total. The van der Waals surface area contributed by atoms with Crippen molar-refractivity contribution in [1.82, 2.24) is 0 Å². The molecule has 0 atom stereocenters. The van der Waals surface area contributed by atoms with Gasteiger partial charge in [0.05, 0.1) is 0 Å². The Morgan fingerprint density at radius 3 is 2.13 bits per heavy atom. The lowest BCUT2D eigenvalue weighted by Gasteiger charge is -1.98. The first-order valence-electron chi connectivity index (χ1n) is 6.28. The molecule has 0 unspecified atom stereocenters. The number of rotatable bonds is 10. The zero-order valence-corrected chi connectivity index (χ0v) is 10.1. The largest absolute Gasteiger partial charge is 0.396 e. The van der Waals surface area contributed by atoms with Gasteiger partial charge in [-0.05, 0) is 32.6 Å². The van der Waals surface area contributed by atoms with Crippen LogP contribution >= 0.6 is 0 Å². The predicted molar refractivity (Wildman–Crippen MR) is 68.0 cm³/mol. The fourth-order valence-corrected chi connectivity index (χ4v) is 1.51. The van der Waals surface area contributed by atoms with Gasteiger partial charge in [0.1, 0.15) is 0 Å². The molecule has 0 rings (SSSR count). The molecule has 88 valence electrons. The van der Waals surface area contributed by atoms with Gasteiger partial charge in [0.2, 0.25) is 0 Å². The Labute approximate surface area is 94.9 Å². The fraction of sp³-hybridized carbons (Fsp3) is 0.714. The average Bonchev–Trinajstić information content (AvgIpc) is 2.26. The molecule has 15 heavy (non-hydrogen) atoms. The van der Waals surface area contributed by atoms with E-state index >= 15 is 0 Å². The minimum absolute atomic E-state index is 0.355. The molecule has 0 aliphatic rings. The summed E-state index contributed by atoms with van der Waals surface area (Å²) in [6.45, 7) is 2.41. The first-order valence-corrected chi connectivity index (χ1v) is 6.28. The van der Waals surface area contributed by atoms with Crippen molar-refractivity contribution >= 4 is 0 Å². The Bertz CT molecular complexity index is 159. The summed E-state index contributed by atoms with van der Waals surface area (Å²) in [6.07, 6.45) is 18.5. The Balaban J connectivity index is 3.01. The summed E-state index contributed by atoms with van der Waals surface area (Å²) in [6, 6.07) is 0. The molecule has 1 heteroatoms. The van der Waals surface area contributed by atoms with Gasteiger partial charge >= 0.3 is 0 Å². The van der Waals surface area contributed by atoms with E-state index in [0.717, 1.165) is 12.8 Å². The first-order chi connectivity index (χ1) is 7.41. The maximum Gasteiger partial charge on any atom is 0.0431 e. The second-order valence-electron chi connectivity index (χ2n) is 3.91. The second-order valence-corrected chi connectivity index (χ2v) is 3.91. The Kier molecular flexibility index (Phi) is 12.9. The van der Waals surface area contributed by atoms with E-state index in [0.29, 0.717) is 6.61 Å². The van der Waals surface area contributed by atoms with Crippen LogP contribution in [0.3, 0.4) is 0 Å². The number of hydrogen-bond acceptors (Lipinski definition) is 1. The van der Waals surface area contributed by atoms with Gasteiger partial charge < -0.3 is 5.11 Å². The van der Waals surface area contributed by atoms with Crippen molar-refractivity contribution in [2.45, 2.75) is 58.3 Å². The van der Waals surface area contributed by atoms with Crippen molar-refractivity contribution in [3.05, 3.63) is 24.3 Å². The SMILES string of the molecule is CC=CC/C=C/CCCCCCCCO. The van der Waals surface area contributed by atoms with E-state index in [1.807, 2.05) is 0 Å². The maximum absolute atomic E-state index is 8.60. The number of aliphatic hydroxyl groups is 1. The third kappa shape index (κ3) is 13.4. The molecule has 0 saturated heterocycles. The molecule has 0 saturated carbocycles. The van der Waals surface area contributed by atoms with Gasteiger partial charge in [-0.2, -0.15) is 0 Å². The van der Waals surface area contributed by atoms with Crippen LogP contribution in [0.2, 0.25) is 0 Å². The quantitative estimate of drug-likeness (QED) is 0.422. The van der Waals surface area contributed by atoms with Gasteiger partial charge in [-0.25, -0.2) is 0 Å². The second kappa shape index (κ2) is 13.4. The summed E-state index contributed by atoms with van der Waals surface area (Å²) >= 11 is 0. The van der Waals surface area contributed by atoms with Crippen LogP contribution in [0.15, 0.2) is 24.3 Å². The molecule has 0 aromatic heterocycles. The van der Waals surface area contributed by atoms with Crippen molar-refractivity contribution < 1.29 is 5.11 Å². The summed E-state index contributed by atoms with van der Waals surface area (Å²) in [7, 11) is 0. The monoisotopic (exact) mass is 210 g/mol. The van der Waals surface area contributed by atoms with Crippen molar-refractivity contribution in [2.24, 2.45) is 0 Å². The number of hydrogen-bond donors (Lipinski definition) is 1. The molecular formula is C14H26O. The van der Waals surface area contributed by atoms with E-state index in [1.165, 1.54) is 38.5 Å². The van der Waals surface area contributed by atoms with Crippen LogP contribution in [0.25, 0.3) is 0 Å². The van der Waals surface area contributed by atoms with Crippen LogP contribution in [-0.4, -0.2) is 11.7 Å². The van der Waals surface area contributed by atoms with Gasteiger partial charge in [-0.15, -0.1) is 0 Å². The summed E-state index contributed by atoms with van der Waals surface area (Å²) in [4.78, 5) is 0. The maximum atomic E-state index is 8.60. The third-order valence-electron chi connectivity index (χ3n) is 2.45. The lowest BCUT2D eigenvalue weighted by molar-refractivity contribution is 0.282. The molecule has 0 spiro atoms. The van der Waals surface area contributed by atoms with Crippen LogP contribution in [0.1, 0.15) is 58.3 Å². The van der Waals surface area contributed by atoms with E-state index in [4.69, 9.17) is 5.11 Å². The molecule has 0 aromatic carbocycles. The van der Waals surface area contributed by atoms with Crippen LogP contribution in [-0.2, 0) is 0 Å². The predicted octanol–water partition coefficient (Wildman–Crippen LogP) is 4.23. The molecule has 0 heterocycles. The Morgan fingerprint density at radius 2 is 1.47 bits per heavy atom. The van der Waals surface area contributed by atoms with E-state index in [1.54, 1.807) is 0 Å². The lowest BCUT2D eigenvalue weighted by Crippen LogP contribution is -1.83. The Hall–Kier alpha value is -0.560. The molecule has 0 bridgehead atoms. The summed E-state index contributed by atoms with van der Waals surface area (Å²) in [5.74, 6) is 0. The average molecular weight is 210 g/mol. The summed E-state index contributed by atoms with van der Waals surface area (Å²) < 4.78 is 0. The Morgan fingerprint density at radius 1 is 0.800 bits per heavy atom.